The average Bonchev–Trinajstić information content (AvgIpc) is 2.97. The summed E-state index contributed by atoms with van der Waals surface area (Å²) in [7, 11) is 0. The van der Waals surface area contributed by atoms with Crippen LogP contribution in [0.4, 0.5) is 16.2 Å². The van der Waals surface area contributed by atoms with Gasteiger partial charge in [-0.3, -0.25) is 9.69 Å². The van der Waals surface area contributed by atoms with Crippen LogP contribution < -0.4 is 15.5 Å². The fraction of sp³-hybridized carbons (Fsp3) is 0.467. The summed E-state index contributed by atoms with van der Waals surface area (Å²) in [6.45, 7) is 4.39. The van der Waals surface area contributed by atoms with Crippen LogP contribution in [-0.2, 0) is 16.0 Å². The third-order valence-corrected chi connectivity index (χ3v) is 3.78. The van der Waals surface area contributed by atoms with Gasteiger partial charge in [0.15, 0.2) is 0 Å². The van der Waals surface area contributed by atoms with Gasteiger partial charge in [-0.1, -0.05) is 0 Å². The predicted molar refractivity (Wildman–Crippen MR) is 79.5 cm³/mol. The summed E-state index contributed by atoms with van der Waals surface area (Å²) in [4.78, 5) is 24.5. The highest BCUT2D eigenvalue weighted by atomic mass is 16.6. The second kappa shape index (κ2) is 5.27. The number of rotatable bonds is 3. The van der Waals surface area contributed by atoms with Crippen molar-refractivity contribution in [2.24, 2.45) is 0 Å². The summed E-state index contributed by atoms with van der Waals surface area (Å²) in [6, 6.07) is 6.39. The molecule has 0 aromatic heterocycles. The number of carbonyl (C=O) groups excluding carboxylic acids is 2. The number of nitrogens with one attached hydrogen (secondary N) is 2. The molecule has 0 radical (unpaired) electrons. The fourth-order valence-corrected chi connectivity index (χ4v) is 2.80. The third-order valence-electron chi connectivity index (χ3n) is 3.78. The minimum absolute atomic E-state index is 0.123. The number of fused-ring (bicyclic) bond motifs is 1. The normalized spacial score (nSPS) is 23.5. The van der Waals surface area contributed by atoms with Crippen molar-refractivity contribution in [1.82, 2.24) is 5.32 Å². The standard InChI is InChI=1S/C15H19N3O3/c1-9-5-11-6-12(3-4-14(11)17-9)18-8-13(21-15(18)20)7-16-10(2)19/h3-4,6,9,13,17H,5,7-8H2,1-2H3,(H,16,19)/t9?,13-/m0/s1. The lowest BCUT2D eigenvalue weighted by Crippen LogP contribution is -2.33. The predicted octanol–water partition coefficient (Wildman–Crippen LogP) is 1.50. The van der Waals surface area contributed by atoms with E-state index in [1.54, 1.807) is 4.90 Å². The minimum Gasteiger partial charge on any atom is -0.442 e. The molecule has 2 aliphatic heterocycles. The molecular weight excluding hydrogens is 270 g/mol. The summed E-state index contributed by atoms with van der Waals surface area (Å²) in [5.74, 6) is -0.123. The van der Waals surface area contributed by atoms with Crippen LogP contribution in [0.1, 0.15) is 19.4 Å². The van der Waals surface area contributed by atoms with E-state index >= 15 is 0 Å². The Bertz CT molecular complexity index is 588. The van der Waals surface area contributed by atoms with Gasteiger partial charge < -0.3 is 15.4 Å². The molecule has 6 heteroatoms. The summed E-state index contributed by atoms with van der Waals surface area (Å²) < 4.78 is 5.28. The zero-order valence-electron chi connectivity index (χ0n) is 12.2. The second-order valence-electron chi connectivity index (χ2n) is 5.64. The fourth-order valence-electron chi connectivity index (χ4n) is 2.80. The summed E-state index contributed by atoms with van der Waals surface area (Å²) >= 11 is 0. The number of carbonyl (C=O) groups is 2. The number of cyclic esters (lactones) is 1. The lowest BCUT2D eigenvalue weighted by atomic mass is 10.1. The van der Waals surface area contributed by atoms with Crippen LogP contribution in [0.25, 0.3) is 0 Å². The molecule has 2 aliphatic rings. The Labute approximate surface area is 123 Å². The first-order valence-corrected chi connectivity index (χ1v) is 7.15. The third kappa shape index (κ3) is 2.79. The number of amides is 2. The van der Waals surface area contributed by atoms with Crippen molar-refractivity contribution < 1.29 is 14.3 Å². The van der Waals surface area contributed by atoms with Crippen LogP contribution in [0.5, 0.6) is 0 Å². The Morgan fingerprint density at radius 1 is 1.52 bits per heavy atom. The topological polar surface area (TPSA) is 70.7 Å². The lowest BCUT2D eigenvalue weighted by molar-refractivity contribution is -0.119. The van der Waals surface area contributed by atoms with Gasteiger partial charge in [-0.15, -0.1) is 0 Å². The van der Waals surface area contributed by atoms with Gasteiger partial charge in [0.2, 0.25) is 5.91 Å². The van der Waals surface area contributed by atoms with Crippen molar-refractivity contribution in [2.75, 3.05) is 23.3 Å². The summed E-state index contributed by atoms with van der Waals surface area (Å²) in [6.07, 6.45) is 0.303. The minimum atomic E-state index is -0.357. The molecule has 2 amide bonds. The SMILES string of the molecule is CC(=O)NC[C@H]1CN(c2ccc3c(c2)CC(C)N3)C(=O)O1. The van der Waals surface area contributed by atoms with E-state index in [2.05, 4.69) is 17.6 Å². The van der Waals surface area contributed by atoms with Gasteiger partial charge in [0, 0.05) is 24.3 Å². The molecule has 0 bridgehead atoms. The number of hydrogen-bond acceptors (Lipinski definition) is 4. The van der Waals surface area contributed by atoms with Gasteiger partial charge in [-0.2, -0.15) is 0 Å². The first kappa shape index (κ1) is 13.7. The van der Waals surface area contributed by atoms with Gasteiger partial charge >= 0.3 is 6.09 Å². The number of benzene rings is 1. The molecule has 112 valence electrons. The van der Waals surface area contributed by atoms with Gasteiger partial charge in [-0.25, -0.2) is 4.79 Å². The highest BCUT2D eigenvalue weighted by Crippen LogP contribution is 2.31. The smallest absolute Gasteiger partial charge is 0.414 e. The molecule has 1 unspecified atom stereocenters. The molecule has 0 aliphatic carbocycles. The maximum atomic E-state index is 12.0. The van der Waals surface area contributed by atoms with E-state index in [1.807, 2.05) is 18.2 Å². The van der Waals surface area contributed by atoms with Crippen LogP contribution in [0, 0.1) is 0 Å². The molecule has 21 heavy (non-hydrogen) atoms. The maximum absolute atomic E-state index is 12.0. The molecule has 1 fully saturated rings. The molecule has 2 heterocycles. The van der Waals surface area contributed by atoms with Crippen LogP contribution in [0.15, 0.2) is 18.2 Å². The lowest BCUT2D eigenvalue weighted by Gasteiger charge is -2.14. The quantitative estimate of drug-likeness (QED) is 0.884. The van der Waals surface area contributed by atoms with Gasteiger partial charge in [-0.05, 0) is 37.1 Å². The van der Waals surface area contributed by atoms with Gasteiger partial charge in [0.25, 0.3) is 0 Å². The van der Waals surface area contributed by atoms with E-state index < -0.39 is 0 Å². The zero-order chi connectivity index (χ0) is 15.0. The number of nitrogens with zero attached hydrogens (tertiary/aromatic N) is 1. The largest absolute Gasteiger partial charge is 0.442 e. The van der Waals surface area contributed by atoms with E-state index in [0.717, 1.165) is 17.8 Å². The highest BCUT2D eigenvalue weighted by molar-refractivity contribution is 5.90. The molecule has 1 aromatic rings. The molecular formula is C15H19N3O3. The zero-order valence-corrected chi connectivity index (χ0v) is 12.2. The van der Waals surface area contributed by atoms with Crippen molar-refractivity contribution in [2.45, 2.75) is 32.4 Å². The molecule has 2 atom stereocenters. The molecule has 1 aromatic carbocycles. The summed E-state index contributed by atoms with van der Waals surface area (Å²) in [5.41, 5.74) is 3.20. The molecule has 0 saturated carbocycles. The number of anilines is 2. The maximum Gasteiger partial charge on any atom is 0.414 e. The van der Waals surface area contributed by atoms with E-state index in [-0.39, 0.29) is 18.1 Å². The van der Waals surface area contributed by atoms with Gasteiger partial charge in [0.05, 0.1) is 13.1 Å². The van der Waals surface area contributed by atoms with Crippen molar-refractivity contribution in [3.8, 4) is 0 Å². The Balaban J connectivity index is 1.71. The van der Waals surface area contributed by atoms with Gasteiger partial charge in [0.1, 0.15) is 6.10 Å². The monoisotopic (exact) mass is 289 g/mol. The molecule has 3 rings (SSSR count). The van der Waals surface area contributed by atoms with E-state index in [4.69, 9.17) is 4.74 Å². The van der Waals surface area contributed by atoms with E-state index in [1.165, 1.54) is 12.5 Å². The van der Waals surface area contributed by atoms with E-state index in [0.29, 0.717) is 19.1 Å². The molecule has 6 nitrogen and oxygen atoms in total. The Morgan fingerprint density at radius 2 is 2.33 bits per heavy atom. The van der Waals surface area contributed by atoms with Crippen molar-refractivity contribution in [3.05, 3.63) is 23.8 Å². The Hall–Kier alpha value is -2.24. The van der Waals surface area contributed by atoms with Crippen LogP contribution in [-0.4, -0.2) is 37.2 Å². The first-order chi connectivity index (χ1) is 10.0. The highest BCUT2D eigenvalue weighted by Gasteiger charge is 2.33. The number of ether oxygens (including phenoxy) is 1. The Morgan fingerprint density at radius 3 is 3.10 bits per heavy atom. The second-order valence-corrected chi connectivity index (χ2v) is 5.64. The Kier molecular flexibility index (Phi) is 3.45. The van der Waals surface area contributed by atoms with Crippen molar-refractivity contribution in [3.63, 3.8) is 0 Å². The van der Waals surface area contributed by atoms with Crippen LogP contribution in [0.3, 0.4) is 0 Å². The van der Waals surface area contributed by atoms with Crippen molar-refractivity contribution in [1.29, 1.82) is 0 Å². The van der Waals surface area contributed by atoms with E-state index in [9.17, 15) is 9.59 Å². The summed E-state index contributed by atoms with van der Waals surface area (Å²) in [5, 5.41) is 6.06. The first-order valence-electron chi connectivity index (χ1n) is 7.15. The molecule has 2 N–H and O–H groups in total. The number of hydrogen-bond donors (Lipinski definition) is 2. The van der Waals surface area contributed by atoms with Crippen LogP contribution >= 0.6 is 0 Å². The van der Waals surface area contributed by atoms with Crippen LogP contribution in [0.2, 0.25) is 0 Å². The van der Waals surface area contributed by atoms with Crippen molar-refractivity contribution >= 4 is 23.4 Å². The molecule has 0 spiro atoms. The average molecular weight is 289 g/mol. The molecule has 1 saturated heterocycles.